The van der Waals surface area contributed by atoms with E-state index in [1.165, 1.54) is 12.1 Å². The molecular weight excluding hydrogens is 284 g/mol. The lowest BCUT2D eigenvalue weighted by molar-refractivity contribution is -0.137. The molecule has 0 atom stereocenters. The summed E-state index contributed by atoms with van der Waals surface area (Å²) in [5.74, 6) is -0.843. The Balaban J connectivity index is 2.54. The van der Waals surface area contributed by atoms with Crippen LogP contribution in [-0.4, -0.2) is 10.2 Å². The topological polar surface area (TPSA) is 25.8 Å². The van der Waals surface area contributed by atoms with Crippen molar-refractivity contribution in [3.8, 4) is 11.3 Å². The number of aromatic nitrogens is 2. The van der Waals surface area contributed by atoms with Gasteiger partial charge in [0.2, 0.25) is 0 Å². The number of rotatable bonds is 2. The highest BCUT2D eigenvalue weighted by Gasteiger charge is 2.34. The SMILES string of the molecule is Fc1ccc(-c2ccc(CCl)nn2)c(C(F)(F)F)c1. The highest BCUT2D eigenvalue weighted by Crippen LogP contribution is 2.36. The predicted octanol–water partition coefficient (Wildman–Crippen LogP) is 4.04. The summed E-state index contributed by atoms with van der Waals surface area (Å²) in [7, 11) is 0. The van der Waals surface area contributed by atoms with Gasteiger partial charge in [-0.1, -0.05) is 0 Å². The van der Waals surface area contributed by atoms with E-state index >= 15 is 0 Å². The fraction of sp³-hybridized carbons (Fsp3) is 0.167. The maximum absolute atomic E-state index is 13.0. The van der Waals surface area contributed by atoms with Crippen molar-refractivity contribution in [1.29, 1.82) is 0 Å². The van der Waals surface area contributed by atoms with E-state index in [-0.39, 0.29) is 17.1 Å². The second kappa shape index (κ2) is 5.13. The van der Waals surface area contributed by atoms with Crippen molar-refractivity contribution in [2.24, 2.45) is 0 Å². The van der Waals surface area contributed by atoms with E-state index < -0.39 is 17.6 Å². The van der Waals surface area contributed by atoms with Crippen LogP contribution in [0.5, 0.6) is 0 Å². The molecule has 0 unspecified atom stereocenters. The molecule has 1 heterocycles. The van der Waals surface area contributed by atoms with Crippen LogP contribution in [0.25, 0.3) is 11.3 Å². The van der Waals surface area contributed by atoms with Gasteiger partial charge >= 0.3 is 6.18 Å². The first-order chi connectivity index (χ1) is 8.91. The average molecular weight is 291 g/mol. The summed E-state index contributed by atoms with van der Waals surface area (Å²) < 4.78 is 51.4. The summed E-state index contributed by atoms with van der Waals surface area (Å²) in [6.45, 7) is 0. The molecule has 0 aliphatic rings. The minimum Gasteiger partial charge on any atom is -0.207 e. The molecule has 2 rings (SSSR count). The molecular formula is C12H7ClF4N2. The number of benzene rings is 1. The normalized spacial score (nSPS) is 11.6. The molecule has 0 saturated carbocycles. The first-order valence-electron chi connectivity index (χ1n) is 5.17. The molecule has 0 N–H and O–H groups in total. The van der Waals surface area contributed by atoms with Crippen LogP contribution in [0, 0.1) is 5.82 Å². The van der Waals surface area contributed by atoms with Gasteiger partial charge in [-0.3, -0.25) is 0 Å². The van der Waals surface area contributed by atoms with Crippen molar-refractivity contribution < 1.29 is 17.6 Å². The number of hydrogen-bond donors (Lipinski definition) is 0. The zero-order chi connectivity index (χ0) is 14.0. The molecule has 100 valence electrons. The lowest BCUT2D eigenvalue weighted by atomic mass is 10.0. The van der Waals surface area contributed by atoms with Gasteiger partial charge in [-0.05, 0) is 30.3 Å². The molecule has 1 aromatic carbocycles. The molecule has 2 nitrogen and oxygen atoms in total. The molecule has 0 aliphatic carbocycles. The molecule has 0 aliphatic heterocycles. The second-order valence-electron chi connectivity index (χ2n) is 3.73. The molecule has 19 heavy (non-hydrogen) atoms. The van der Waals surface area contributed by atoms with Crippen LogP contribution in [0.1, 0.15) is 11.3 Å². The van der Waals surface area contributed by atoms with E-state index in [4.69, 9.17) is 11.6 Å². The molecule has 0 saturated heterocycles. The highest BCUT2D eigenvalue weighted by molar-refractivity contribution is 6.16. The van der Waals surface area contributed by atoms with Crippen LogP contribution in [0.2, 0.25) is 0 Å². The van der Waals surface area contributed by atoms with Gasteiger partial charge in [0, 0.05) is 5.56 Å². The number of halogens is 5. The van der Waals surface area contributed by atoms with Crippen LogP contribution in [-0.2, 0) is 12.1 Å². The van der Waals surface area contributed by atoms with Crippen molar-refractivity contribution >= 4 is 11.6 Å². The Kier molecular flexibility index (Phi) is 3.71. The van der Waals surface area contributed by atoms with Crippen LogP contribution in [0.3, 0.4) is 0 Å². The standard InChI is InChI=1S/C12H7ClF4N2/c13-6-8-2-4-11(19-18-8)9-3-1-7(14)5-10(9)12(15,16)17/h1-5H,6H2. The number of hydrogen-bond acceptors (Lipinski definition) is 2. The third-order valence-corrected chi connectivity index (χ3v) is 2.69. The summed E-state index contributed by atoms with van der Waals surface area (Å²) in [4.78, 5) is 0. The molecule has 0 radical (unpaired) electrons. The summed E-state index contributed by atoms with van der Waals surface area (Å²) in [6, 6.07) is 5.25. The van der Waals surface area contributed by atoms with Crippen molar-refractivity contribution in [2.75, 3.05) is 0 Å². The van der Waals surface area contributed by atoms with E-state index in [1.807, 2.05) is 0 Å². The third kappa shape index (κ3) is 3.01. The molecule has 0 fully saturated rings. The van der Waals surface area contributed by atoms with E-state index in [1.54, 1.807) is 0 Å². The minimum absolute atomic E-state index is 0.0150. The fourth-order valence-electron chi connectivity index (χ4n) is 1.55. The monoisotopic (exact) mass is 290 g/mol. The average Bonchev–Trinajstić information content (AvgIpc) is 2.38. The van der Waals surface area contributed by atoms with Crippen molar-refractivity contribution in [1.82, 2.24) is 10.2 Å². The van der Waals surface area contributed by atoms with Crippen LogP contribution >= 0.6 is 11.6 Å². The Morgan fingerprint density at radius 2 is 1.79 bits per heavy atom. The largest absolute Gasteiger partial charge is 0.417 e. The van der Waals surface area contributed by atoms with Crippen LogP contribution in [0.15, 0.2) is 30.3 Å². The quantitative estimate of drug-likeness (QED) is 0.616. The first kappa shape index (κ1) is 13.7. The summed E-state index contributed by atoms with van der Waals surface area (Å²) in [5.41, 5.74) is -0.842. The zero-order valence-electron chi connectivity index (χ0n) is 9.38. The summed E-state index contributed by atoms with van der Waals surface area (Å²) in [5, 5.41) is 7.34. The highest BCUT2D eigenvalue weighted by atomic mass is 35.5. The number of nitrogens with zero attached hydrogens (tertiary/aromatic N) is 2. The third-order valence-electron chi connectivity index (χ3n) is 2.42. The molecule has 0 amide bonds. The minimum atomic E-state index is -4.66. The molecule has 7 heteroatoms. The van der Waals surface area contributed by atoms with Gasteiger partial charge in [0.25, 0.3) is 0 Å². The van der Waals surface area contributed by atoms with Gasteiger partial charge in [-0.2, -0.15) is 23.4 Å². The van der Waals surface area contributed by atoms with E-state index in [0.717, 1.165) is 12.1 Å². The molecule has 1 aromatic heterocycles. The van der Waals surface area contributed by atoms with Gasteiger partial charge in [-0.15, -0.1) is 11.6 Å². The Morgan fingerprint density at radius 3 is 2.32 bits per heavy atom. The van der Waals surface area contributed by atoms with Gasteiger partial charge in [-0.25, -0.2) is 4.39 Å². The van der Waals surface area contributed by atoms with E-state index in [0.29, 0.717) is 11.8 Å². The lowest BCUT2D eigenvalue weighted by Gasteiger charge is -2.12. The van der Waals surface area contributed by atoms with Gasteiger partial charge < -0.3 is 0 Å². The Bertz CT molecular complexity index is 581. The molecule has 0 spiro atoms. The van der Waals surface area contributed by atoms with Crippen LogP contribution in [0.4, 0.5) is 17.6 Å². The van der Waals surface area contributed by atoms with Gasteiger partial charge in [0.15, 0.2) is 0 Å². The Morgan fingerprint density at radius 1 is 1.05 bits per heavy atom. The Hall–Kier alpha value is -1.69. The Labute approximate surface area is 111 Å². The predicted molar refractivity (Wildman–Crippen MR) is 62.0 cm³/mol. The number of alkyl halides is 4. The fourth-order valence-corrected chi connectivity index (χ4v) is 1.69. The maximum atomic E-state index is 13.0. The van der Waals surface area contributed by atoms with Gasteiger partial charge in [0.1, 0.15) is 5.82 Å². The zero-order valence-corrected chi connectivity index (χ0v) is 10.1. The van der Waals surface area contributed by atoms with Crippen molar-refractivity contribution in [3.63, 3.8) is 0 Å². The molecule has 0 bridgehead atoms. The van der Waals surface area contributed by atoms with Crippen molar-refractivity contribution in [3.05, 3.63) is 47.4 Å². The second-order valence-corrected chi connectivity index (χ2v) is 4.00. The first-order valence-corrected chi connectivity index (χ1v) is 5.71. The van der Waals surface area contributed by atoms with Gasteiger partial charge in [0.05, 0.1) is 22.8 Å². The van der Waals surface area contributed by atoms with Crippen LogP contribution < -0.4 is 0 Å². The maximum Gasteiger partial charge on any atom is 0.417 e. The smallest absolute Gasteiger partial charge is 0.207 e. The lowest BCUT2D eigenvalue weighted by Crippen LogP contribution is -2.08. The van der Waals surface area contributed by atoms with E-state index in [2.05, 4.69) is 10.2 Å². The van der Waals surface area contributed by atoms with E-state index in [9.17, 15) is 17.6 Å². The molecule has 2 aromatic rings. The van der Waals surface area contributed by atoms with Crippen molar-refractivity contribution in [2.45, 2.75) is 12.1 Å². The summed E-state index contributed by atoms with van der Waals surface area (Å²) >= 11 is 5.52. The summed E-state index contributed by atoms with van der Waals surface area (Å²) in [6.07, 6.45) is -4.66.